The standard InChI is InChI=1S/C17H12BrClN2/c1-9-5-10(18)6-12-14-8-21(2)15-4-3-11(19)7-13(15)17(14)20-16(9)12/h3-8H,1-2H3. The summed E-state index contributed by atoms with van der Waals surface area (Å²) in [7, 11) is 2.05. The topological polar surface area (TPSA) is 17.8 Å². The molecule has 2 nitrogen and oxygen atoms in total. The average molecular weight is 360 g/mol. The fourth-order valence-electron chi connectivity index (χ4n) is 2.99. The number of pyridine rings is 1. The molecule has 0 aromatic heterocycles. The summed E-state index contributed by atoms with van der Waals surface area (Å²) in [6.07, 6.45) is 2.15. The predicted molar refractivity (Wildman–Crippen MR) is 92.3 cm³/mol. The van der Waals surface area contributed by atoms with Crippen LogP contribution >= 0.6 is 27.5 Å². The van der Waals surface area contributed by atoms with Gasteiger partial charge in [0, 0.05) is 44.6 Å². The molecule has 0 N–H and O–H groups in total. The molecule has 2 aliphatic heterocycles. The summed E-state index contributed by atoms with van der Waals surface area (Å²) in [4.78, 5) is 4.87. The molecule has 0 aliphatic carbocycles. The molecule has 2 heterocycles. The van der Waals surface area contributed by atoms with Crippen LogP contribution in [0.4, 0.5) is 0 Å². The largest absolute Gasteiger partial charge is 0.350 e. The first-order valence-electron chi connectivity index (χ1n) is 6.69. The summed E-state index contributed by atoms with van der Waals surface area (Å²) in [5.41, 5.74) is 5.54. The summed E-state index contributed by atoms with van der Waals surface area (Å²) in [6, 6.07) is 10.2. The van der Waals surface area contributed by atoms with Crippen LogP contribution in [0.2, 0.25) is 5.02 Å². The molecule has 0 atom stereocenters. The summed E-state index contributed by atoms with van der Waals surface area (Å²) in [5.74, 6) is 0. The highest BCUT2D eigenvalue weighted by molar-refractivity contribution is 9.10. The highest BCUT2D eigenvalue weighted by Crippen LogP contribution is 2.39. The van der Waals surface area contributed by atoms with Crippen LogP contribution in [-0.2, 0) is 7.05 Å². The van der Waals surface area contributed by atoms with Gasteiger partial charge < -0.3 is 4.57 Å². The molecule has 0 unspecified atom stereocenters. The van der Waals surface area contributed by atoms with Gasteiger partial charge in [-0.1, -0.05) is 27.5 Å². The quantitative estimate of drug-likeness (QED) is 0.402. The molecular formula is C17H12BrClN2. The molecule has 0 bridgehead atoms. The molecule has 0 saturated heterocycles. The maximum atomic E-state index is 6.18. The molecule has 0 fully saturated rings. The first-order chi connectivity index (χ1) is 10.0. The van der Waals surface area contributed by atoms with E-state index in [4.69, 9.17) is 16.6 Å². The lowest BCUT2D eigenvalue weighted by atomic mass is 10.0. The Bertz CT molecular complexity index is 987. The van der Waals surface area contributed by atoms with E-state index in [1.54, 1.807) is 0 Å². The number of hydrogen-bond donors (Lipinski definition) is 0. The third-order valence-electron chi connectivity index (χ3n) is 3.95. The van der Waals surface area contributed by atoms with E-state index in [2.05, 4.69) is 52.8 Å². The average Bonchev–Trinajstić information content (AvgIpc) is 2.78. The number of rotatable bonds is 0. The SMILES string of the molecule is Cc1cc(Br)cc2c3cn(C)c4ccc(Cl)cc4c-3nc12. The molecule has 21 heavy (non-hydrogen) atoms. The van der Waals surface area contributed by atoms with E-state index in [1.807, 2.05) is 18.2 Å². The first-order valence-corrected chi connectivity index (χ1v) is 7.86. The fourth-order valence-corrected chi connectivity index (χ4v) is 3.74. The van der Waals surface area contributed by atoms with Crippen LogP contribution in [0, 0.1) is 6.92 Å². The van der Waals surface area contributed by atoms with Crippen molar-refractivity contribution in [2.24, 2.45) is 7.05 Å². The summed E-state index contributed by atoms with van der Waals surface area (Å²) in [5, 5.41) is 3.00. The molecule has 2 aromatic carbocycles. The second-order valence-electron chi connectivity index (χ2n) is 5.39. The number of hydrogen-bond acceptors (Lipinski definition) is 1. The Morgan fingerprint density at radius 1 is 1.14 bits per heavy atom. The van der Waals surface area contributed by atoms with E-state index in [9.17, 15) is 0 Å². The van der Waals surface area contributed by atoms with Gasteiger partial charge in [0.15, 0.2) is 0 Å². The van der Waals surface area contributed by atoms with E-state index in [0.29, 0.717) is 0 Å². The Labute approximate surface area is 135 Å². The van der Waals surface area contributed by atoms with Crippen molar-refractivity contribution in [1.82, 2.24) is 9.55 Å². The molecule has 4 heteroatoms. The van der Waals surface area contributed by atoms with Crippen molar-refractivity contribution >= 4 is 49.3 Å². The number of benzene rings is 2. The highest BCUT2D eigenvalue weighted by atomic mass is 79.9. The van der Waals surface area contributed by atoms with Crippen LogP contribution in [0.1, 0.15) is 5.56 Å². The van der Waals surface area contributed by atoms with Crippen LogP contribution in [0.25, 0.3) is 33.1 Å². The Hall–Kier alpha value is -1.58. The van der Waals surface area contributed by atoms with Crippen LogP contribution in [0.15, 0.2) is 41.0 Å². The lowest BCUT2D eigenvalue weighted by Crippen LogP contribution is -1.95. The Morgan fingerprint density at radius 2 is 1.95 bits per heavy atom. The van der Waals surface area contributed by atoms with Crippen LogP contribution in [-0.4, -0.2) is 9.55 Å². The van der Waals surface area contributed by atoms with Gasteiger partial charge in [0.1, 0.15) is 0 Å². The van der Waals surface area contributed by atoms with Crippen molar-refractivity contribution in [3.8, 4) is 11.3 Å². The lowest BCUT2D eigenvalue weighted by molar-refractivity contribution is 0.955. The second kappa shape index (κ2) is 4.46. The minimum atomic E-state index is 0.736. The van der Waals surface area contributed by atoms with E-state index >= 15 is 0 Å². The normalized spacial score (nSPS) is 11.8. The van der Waals surface area contributed by atoms with Crippen molar-refractivity contribution in [2.45, 2.75) is 6.92 Å². The van der Waals surface area contributed by atoms with E-state index < -0.39 is 0 Å². The zero-order chi connectivity index (χ0) is 14.7. The maximum Gasteiger partial charge on any atom is 0.0824 e. The van der Waals surface area contributed by atoms with Crippen LogP contribution in [0.5, 0.6) is 0 Å². The van der Waals surface area contributed by atoms with Crippen molar-refractivity contribution in [2.75, 3.05) is 0 Å². The van der Waals surface area contributed by atoms with Crippen molar-refractivity contribution in [3.63, 3.8) is 0 Å². The minimum Gasteiger partial charge on any atom is -0.350 e. The van der Waals surface area contributed by atoms with E-state index in [-0.39, 0.29) is 0 Å². The van der Waals surface area contributed by atoms with Gasteiger partial charge in [-0.15, -0.1) is 0 Å². The third-order valence-corrected chi connectivity index (χ3v) is 4.64. The van der Waals surface area contributed by atoms with Crippen molar-refractivity contribution < 1.29 is 0 Å². The molecule has 4 rings (SSSR count). The molecule has 2 aromatic rings. The summed E-state index contributed by atoms with van der Waals surface area (Å²) < 4.78 is 3.21. The van der Waals surface area contributed by atoms with Gasteiger partial charge >= 0.3 is 0 Å². The Kier molecular flexibility index (Phi) is 2.78. The lowest BCUT2D eigenvalue weighted by Gasteiger charge is -2.10. The predicted octanol–water partition coefficient (Wildman–Crippen LogP) is 5.56. The van der Waals surface area contributed by atoms with Gasteiger partial charge in [-0.25, -0.2) is 4.98 Å². The van der Waals surface area contributed by atoms with Crippen molar-refractivity contribution in [3.05, 3.63) is 51.6 Å². The number of aromatic nitrogens is 2. The zero-order valence-electron chi connectivity index (χ0n) is 11.6. The number of aryl methyl sites for hydroxylation is 2. The van der Waals surface area contributed by atoms with Crippen LogP contribution in [0.3, 0.4) is 0 Å². The molecular weight excluding hydrogens is 348 g/mol. The fraction of sp³-hybridized carbons (Fsp3) is 0.118. The smallest absolute Gasteiger partial charge is 0.0824 e. The van der Waals surface area contributed by atoms with Gasteiger partial charge in [-0.3, -0.25) is 0 Å². The highest BCUT2D eigenvalue weighted by Gasteiger charge is 2.18. The molecule has 2 aliphatic rings. The zero-order valence-corrected chi connectivity index (χ0v) is 14.0. The summed E-state index contributed by atoms with van der Waals surface area (Å²) in [6.45, 7) is 2.09. The van der Waals surface area contributed by atoms with Gasteiger partial charge in [0.05, 0.1) is 11.2 Å². The van der Waals surface area contributed by atoms with Gasteiger partial charge in [0.2, 0.25) is 0 Å². The molecule has 0 saturated carbocycles. The number of nitrogens with zero attached hydrogens (tertiary/aromatic N) is 2. The molecule has 0 radical (unpaired) electrons. The van der Waals surface area contributed by atoms with E-state index in [0.717, 1.165) is 37.2 Å². The molecule has 0 amide bonds. The minimum absolute atomic E-state index is 0.736. The number of halogens is 2. The van der Waals surface area contributed by atoms with E-state index in [1.165, 1.54) is 10.9 Å². The van der Waals surface area contributed by atoms with Gasteiger partial charge in [-0.05, 0) is 42.8 Å². The Morgan fingerprint density at radius 3 is 2.76 bits per heavy atom. The first kappa shape index (κ1) is 13.1. The maximum absolute atomic E-state index is 6.18. The van der Waals surface area contributed by atoms with Crippen LogP contribution < -0.4 is 0 Å². The monoisotopic (exact) mass is 358 g/mol. The second-order valence-corrected chi connectivity index (χ2v) is 6.75. The summed E-state index contributed by atoms with van der Waals surface area (Å²) >= 11 is 9.76. The van der Waals surface area contributed by atoms with Crippen molar-refractivity contribution in [1.29, 1.82) is 0 Å². The van der Waals surface area contributed by atoms with Gasteiger partial charge in [0.25, 0.3) is 0 Å². The number of fused-ring (bicyclic) bond motifs is 5. The molecule has 0 spiro atoms. The third kappa shape index (κ3) is 1.88. The van der Waals surface area contributed by atoms with Gasteiger partial charge in [-0.2, -0.15) is 0 Å². The Balaban J connectivity index is 2.27. The molecule has 104 valence electrons.